The van der Waals surface area contributed by atoms with Gasteiger partial charge in [0.25, 0.3) is 0 Å². The summed E-state index contributed by atoms with van der Waals surface area (Å²) in [6.45, 7) is 0. The number of nitrogens with one attached hydrogen (secondary N) is 3. The molecule has 5 aliphatic rings. The third-order valence-corrected chi connectivity index (χ3v) is 7.17. The summed E-state index contributed by atoms with van der Waals surface area (Å²) in [5, 5.41) is 3.06. The molecule has 0 unspecified atom stereocenters. The highest BCUT2D eigenvalue weighted by molar-refractivity contribution is 5.86. The minimum absolute atomic E-state index is 0.0606. The van der Waals surface area contributed by atoms with Gasteiger partial charge in [0.15, 0.2) is 0 Å². The fourth-order valence-corrected chi connectivity index (χ4v) is 6.12. The van der Waals surface area contributed by atoms with Gasteiger partial charge >= 0.3 is 0 Å². The molecule has 5 fully saturated rings. The van der Waals surface area contributed by atoms with Crippen molar-refractivity contribution in [1.29, 1.82) is 0 Å². The van der Waals surface area contributed by atoms with Gasteiger partial charge in [-0.1, -0.05) is 30.3 Å². The van der Waals surface area contributed by atoms with Gasteiger partial charge in [-0.25, -0.2) is 5.43 Å². The first-order chi connectivity index (χ1) is 13.1. The molecule has 0 radical (unpaired) electrons. The second-order valence-electron chi connectivity index (χ2n) is 9.42. The lowest BCUT2D eigenvalue weighted by molar-refractivity contribution is -0.147. The molecule has 5 aliphatic carbocycles. The van der Waals surface area contributed by atoms with Crippen molar-refractivity contribution in [3.63, 3.8) is 0 Å². The number of hydrogen-bond donors (Lipinski definition) is 3. The van der Waals surface area contributed by atoms with E-state index in [1.165, 1.54) is 19.3 Å². The van der Waals surface area contributed by atoms with Crippen LogP contribution in [0.15, 0.2) is 30.3 Å². The van der Waals surface area contributed by atoms with Gasteiger partial charge in [-0.2, -0.15) is 0 Å². The maximum atomic E-state index is 13.2. The van der Waals surface area contributed by atoms with Crippen LogP contribution in [0.1, 0.15) is 63.0 Å². The van der Waals surface area contributed by atoms with Gasteiger partial charge in [0.2, 0.25) is 11.8 Å². The van der Waals surface area contributed by atoms with E-state index in [1.54, 1.807) is 0 Å². The summed E-state index contributed by atoms with van der Waals surface area (Å²) in [6.07, 6.45) is 9.12. The molecule has 3 N–H and O–H groups in total. The quantitative estimate of drug-likeness (QED) is 0.677. The van der Waals surface area contributed by atoms with Crippen LogP contribution in [-0.2, 0) is 9.59 Å². The summed E-state index contributed by atoms with van der Waals surface area (Å²) in [4.78, 5) is 25.9. The molecule has 0 saturated heterocycles. The normalized spacial score (nSPS) is 34.9. The summed E-state index contributed by atoms with van der Waals surface area (Å²) in [5.41, 5.74) is 6.71. The Bertz CT molecular complexity index is 693. The average Bonchev–Trinajstić information content (AvgIpc) is 3.45. The van der Waals surface area contributed by atoms with E-state index in [0.717, 1.165) is 55.4 Å². The van der Waals surface area contributed by atoms with Gasteiger partial charge in [0.1, 0.15) is 6.04 Å². The third-order valence-electron chi connectivity index (χ3n) is 7.17. The van der Waals surface area contributed by atoms with Crippen molar-refractivity contribution in [3.05, 3.63) is 35.9 Å². The number of hydrogen-bond acceptors (Lipinski definition) is 3. The van der Waals surface area contributed by atoms with Gasteiger partial charge in [-0.15, -0.1) is 0 Å². The van der Waals surface area contributed by atoms with Crippen molar-refractivity contribution in [1.82, 2.24) is 16.2 Å². The van der Waals surface area contributed by atoms with E-state index >= 15 is 0 Å². The van der Waals surface area contributed by atoms with E-state index in [0.29, 0.717) is 6.04 Å². The Morgan fingerprint density at radius 1 is 0.926 bits per heavy atom. The topological polar surface area (TPSA) is 70.2 Å². The van der Waals surface area contributed by atoms with E-state index < -0.39 is 6.04 Å². The summed E-state index contributed by atoms with van der Waals surface area (Å²) < 4.78 is 0. The molecule has 1 aromatic carbocycles. The zero-order chi connectivity index (χ0) is 18.4. The lowest BCUT2D eigenvalue weighted by Crippen LogP contribution is -2.57. The Morgan fingerprint density at radius 2 is 1.52 bits per heavy atom. The highest BCUT2D eigenvalue weighted by Gasteiger charge is 2.54. The summed E-state index contributed by atoms with van der Waals surface area (Å²) in [6, 6.07) is 9.40. The van der Waals surface area contributed by atoms with Gasteiger partial charge in [-0.05, 0) is 74.7 Å². The third kappa shape index (κ3) is 3.38. The van der Waals surface area contributed by atoms with Crippen molar-refractivity contribution in [2.75, 3.05) is 0 Å². The van der Waals surface area contributed by atoms with Crippen molar-refractivity contribution >= 4 is 11.8 Å². The van der Waals surface area contributed by atoms with E-state index in [9.17, 15) is 9.59 Å². The maximum absolute atomic E-state index is 13.2. The molecule has 5 heteroatoms. The van der Waals surface area contributed by atoms with Gasteiger partial charge in [0, 0.05) is 6.04 Å². The van der Waals surface area contributed by atoms with E-state index in [1.807, 2.05) is 30.3 Å². The monoisotopic (exact) mass is 367 g/mol. The minimum atomic E-state index is -0.551. The maximum Gasteiger partial charge on any atom is 0.243 e. The van der Waals surface area contributed by atoms with Crippen molar-refractivity contribution < 1.29 is 9.59 Å². The number of rotatable bonds is 6. The van der Waals surface area contributed by atoms with Gasteiger partial charge in [0.05, 0.1) is 5.41 Å². The number of benzene rings is 1. The Balaban J connectivity index is 1.29. The number of carbonyl (C=O) groups is 2. The molecule has 0 aliphatic heterocycles. The standard InChI is InChI=1S/C22H29N3O2/c26-20(23-18-6-7-18)19(17-4-2-1-3-5-17)24-25-21(27)22-11-14-8-15(12-22)10-16(9-14)13-22/h1-5,14-16,18-19,24H,6-13H2,(H,23,26)(H,25,27)/t14?,15?,16?,19-,22?/m1/s1. The van der Waals surface area contributed by atoms with Crippen LogP contribution >= 0.6 is 0 Å². The highest BCUT2D eigenvalue weighted by Crippen LogP contribution is 2.60. The second kappa shape index (κ2) is 6.62. The predicted molar refractivity (Wildman–Crippen MR) is 102 cm³/mol. The minimum Gasteiger partial charge on any atom is -0.352 e. The Hall–Kier alpha value is -1.88. The first-order valence-corrected chi connectivity index (χ1v) is 10.5. The lowest BCUT2D eigenvalue weighted by Gasteiger charge is -2.55. The van der Waals surface area contributed by atoms with Crippen molar-refractivity contribution in [2.45, 2.75) is 63.5 Å². The molecule has 6 rings (SSSR count). The Morgan fingerprint density at radius 3 is 2.07 bits per heavy atom. The van der Waals surface area contributed by atoms with Crippen molar-refractivity contribution in [3.8, 4) is 0 Å². The molecular weight excluding hydrogens is 338 g/mol. The molecule has 27 heavy (non-hydrogen) atoms. The highest BCUT2D eigenvalue weighted by atomic mass is 16.2. The largest absolute Gasteiger partial charge is 0.352 e. The van der Waals surface area contributed by atoms with Crippen LogP contribution in [0.4, 0.5) is 0 Å². The molecule has 0 aromatic heterocycles. The summed E-state index contributed by atoms with van der Waals surface area (Å²) in [5.74, 6) is 2.22. The second-order valence-corrected chi connectivity index (χ2v) is 9.42. The van der Waals surface area contributed by atoms with Gasteiger partial charge in [-0.3, -0.25) is 15.0 Å². The van der Waals surface area contributed by atoms with Crippen LogP contribution in [-0.4, -0.2) is 17.9 Å². The average molecular weight is 367 g/mol. The molecule has 1 atom stereocenters. The van der Waals surface area contributed by atoms with E-state index in [4.69, 9.17) is 0 Å². The molecular formula is C22H29N3O2. The van der Waals surface area contributed by atoms with Crippen LogP contribution in [0.25, 0.3) is 0 Å². The fourth-order valence-electron chi connectivity index (χ4n) is 6.12. The molecule has 2 amide bonds. The zero-order valence-corrected chi connectivity index (χ0v) is 15.7. The smallest absolute Gasteiger partial charge is 0.243 e. The Labute approximate surface area is 160 Å². The molecule has 5 saturated carbocycles. The van der Waals surface area contributed by atoms with E-state index in [2.05, 4.69) is 16.2 Å². The fraction of sp³-hybridized carbons (Fsp3) is 0.636. The Kier molecular flexibility index (Phi) is 4.23. The first kappa shape index (κ1) is 17.2. The number of amides is 2. The molecule has 5 nitrogen and oxygen atoms in total. The van der Waals surface area contributed by atoms with Crippen molar-refractivity contribution in [2.24, 2.45) is 23.2 Å². The van der Waals surface area contributed by atoms with Gasteiger partial charge < -0.3 is 5.32 Å². The molecule has 0 heterocycles. The van der Waals surface area contributed by atoms with E-state index in [-0.39, 0.29) is 17.2 Å². The zero-order valence-electron chi connectivity index (χ0n) is 15.7. The van der Waals surface area contributed by atoms with Crippen LogP contribution in [0.3, 0.4) is 0 Å². The lowest BCUT2D eigenvalue weighted by atomic mass is 9.49. The SMILES string of the molecule is O=C(NC1CC1)[C@H](NNC(=O)C12CC3CC(CC(C3)C1)C2)c1ccccc1. The van der Waals surface area contributed by atoms with Crippen LogP contribution in [0, 0.1) is 23.2 Å². The number of hydrazine groups is 1. The molecule has 4 bridgehead atoms. The van der Waals surface area contributed by atoms with Crippen LogP contribution in [0.2, 0.25) is 0 Å². The summed E-state index contributed by atoms with van der Waals surface area (Å²) in [7, 11) is 0. The van der Waals surface area contributed by atoms with Crippen LogP contribution < -0.4 is 16.2 Å². The molecule has 0 spiro atoms. The number of carbonyl (C=O) groups excluding carboxylic acids is 2. The first-order valence-electron chi connectivity index (χ1n) is 10.5. The molecule has 1 aromatic rings. The predicted octanol–water partition coefficient (Wildman–Crippen LogP) is 2.84. The molecule has 144 valence electrons. The van der Waals surface area contributed by atoms with Crippen LogP contribution in [0.5, 0.6) is 0 Å². The summed E-state index contributed by atoms with van der Waals surface area (Å²) >= 11 is 0.